The third-order valence-corrected chi connectivity index (χ3v) is 4.62. The second-order valence-corrected chi connectivity index (χ2v) is 6.30. The Kier molecular flexibility index (Phi) is 4.97. The fraction of sp³-hybridized carbons (Fsp3) is 0.263. The van der Waals surface area contributed by atoms with Gasteiger partial charge >= 0.3 is 5.97 Å². The SMILES string of the molecule is O=C(O)C1CN(Cc2ccccc2)C(=O)CC1c1cc(F)c(F)cc1F. The van der Waals surface area contributed by atoms with Crippen LogP contribution in [0.3, 0.4) is 0 Å². The van der Waals surface area contributed by atoms with Crippen molar-refractivity contribution >= 4 is 11.9 Å². The van der Waals surface area contributed by atoms with Crippen LogP contribution in [0.5, 0.6) is 0 Å². The van der Waals surface area contributed by atoms with Crippen molar-refractivity contribution in [1.82, 2.24) is 4.90 Å². The Balaban J connectivity index is 1.89. The number of benzene rings is 2. The van der Waals surface area contributed by atoms with E-state index in [0.29, 0.717) is 12.1 Å². The summed E-state index contributed by atoms with van der Waals surface area (Å²) in [6.07, 6.45) is -0.286. The summed E-state index contributed by atoms with van der Waals surface area (Å²) in [6.45, 7) is 0.0998. The molecule has 7 heteroatoms. The molecule has 0 aromatic heterocycles. The standard InChI is InChI=1S/C19H16F3NO3/c20-15-8-17(22)16(21)6-13(15)12-7-18(24)23(10-14(12)19(25)26)9-11-4-2-1-3-5-11/h1-6,8,12,14H,7,9-10H2,(H,25,26). The van der Waals surface area contributed by atoms with Gasteiger partial charge in [-0.15, -0.1) is 0 Å². The van der Waals surface area contributed by atoms with Crippen LogP contribution in [0.2, 0.25) is 0 Å². The highest BCUT2D eigenvalue weighted by molar-refractivity contribution is 5.82. The molecule has 1 aliphatic heterocycles. The Bertz CT molecular complexity index is 841. The van der Waals surface area contributed by atoms with Gasteiger partial charge in [-0.25, -0.2) is 13.2 Å². The zero-order valence-electron chi connectivity index (χ0n) is 13.7. The van der Waals surface area contributed by atoms with Gasteiger partial charge in [-0.3, -0.25) is 9.59 Å². The Morgan fingerprint density at radius 1 is 1.08 bits per heavy atom. The van der Waals surface area contributed by atoms with E-state index >= 15 is 0 Å². The van der Waals surface area contributed by atoms with Gasteiger partial charge in [-0.1, -0.05) is 30.3 Å². The first-order valence-electron chi connectivity index (χ1n) is 8.05. The van der Waals surface area contributed by atoms with Gasteiger partial charge < -0.3 is 10.0 Å². The molecule has 0 bridgehead atoms. The number of likely N-dealkylation sites (tertiary alicyclic amines) is 1. The molecule has 1 N–H and O–H groups in total. The third-order valence-electron chi connectivity index (χ3n) is 4.62. The highest BCUT2D eigenvalue weighted by atomic mass is 19.2. The minimum Gasteiger partial charge on any atom is -0.481 e. The normalized spacial score (nSPS) is 20.3. The summed E-state index contributed by atoms with van der Waals surface area (Å²) in [5, 5.41) is 9.53. The summed E-state index contributed by atoms with van der Waals surface area (Å²) in [5.74, 6) is -7.43. The molecule has 1 heterocycles. The lowest BCUT2D eigenvalue weighted by Gasteiger charge is -2.36. The number of carbonyl (C=O) groups is 2. The molecule has 26 heavy (non-hydrogen) atoms. The second-order valence-electron chi connectivity index (χ2n) is 6.30. The Hall–Kier alpha value is -2.83. The summed E-state index contributed by atoms with van der Waals surface area (Å²) < 4.78 is 40.8. The number of nitrogens with zero attached hydrogens (tertiary/aromatic N) is 1. The molecule has 1 amide bonds. The van der Waals surface area contributed by atoms with Crippen molar-refractivity contribution in [2.24, 2.45) is 5.92 Å². The molecular weight excluding hydrogens is 347 g/mol. The van der Waals surface area contributed by atoms with Crippen molar-refractivity contribution in [3.05, 3.63) is 71.0 Å². The molecule has 1 fully saturated rings. The molecule has 4 nitrogen and oxygen atoms in total. The molecule has 3 rings (SSSR count). The van der Waals surface area contributed by atoms with Crippen LogP contribution in [0.4, 0.5) is 13.2 Å². The molecule has 136 valence electrons. The van der Waals surface area contributed by atoms with Crippen LogP contribution in [-0.4, -0.2) is 28.4 Å². The van der Waals surface area contributed by atoms with E-state index in [0.717, 1.165) is 5.56 Å². The Morgan fingerprint density at radius 3 is 2.38 bits per heavy atom. The monoisotopic (exact) mass is 363 g/mol. The van der Waals surface area contributed by atoms with E-state index in [1.165, 1.54) is 4.90 Å². The van der Waals surface area contributed by atoms with Crippen LogP contribution in [0.1, 0.15) is 23.5 Å². The average Bonchev–Trinajstić information content (AvgIpc) is 2.60. The summed E-state index contributed by atoms with van der Waals surface area (Å²) >= 11 is 0. The summed E-state index contributed by atoms with van der Waals surface area (Å²) in [7, 11) is 0. The van der Waals surface area contributed by atoms with E-state index in [-0.39, 0.29) is 31.0 Å². The van der Waals surface area contributed by atoms with Crippen LogP contribution in [-0.2, 0) is 16.1 Å². The lowest BCUT2D eigenvalue weighted by Crippen LogP contribution is -2.46. The van der Waals surface area contributed by atoms with Gasteiger partial charge in [0.25, 0.3) is 0 Å². The first-order valence-corrected chi connectivity index (χ1v) is 8.05. The predicted molar refractivity (Wildman–Crippen MR) is 86.7 cm³/mol. The van der Waals surface area contributed by atoms with Crippen molar-refractivity contribution in [2.45, 2.75) is 18.9 Å². The van der Waals surface area contributed by atoms with E-state index in [2.05, 4.69) is 0 Å². The highest BCUT2D eigenvalue weighted by Crippen LogP contribution is 2.36. The van der Waals surface area contributed by atoms with Crippen LogP contribution < -0.4 is 0 Å². The number of carboxylic acids is 1. The average molecular weight is 363 g/mol. The maximum absolute atomic E-state index is 14.1. The van der Waals surface area contributed by atoms with Crippen molar-refractivity contribution in [2.75, 3.05) is 6.54 Å². The van der Waals surface area contributed by atoms with Gasteiger partial charge in [0.2, 0.25) is 5.91 Å². The minimum absolute atomic E-state index is 0.133. The van der Waals surface area contributed by atoms with Crippen molar-refractivity contribution in [1.29, 1.82) is 0 Å². The lowest BCUT2D eigenvalue weighted by atomic mass is 9.79. The summed E-state index contributed by atoms with van der Waals surface area (Å²) in [4.78, 5) is 25.5. The Labute approximate surface area is 147 Å². The molecule has 1 saturated heterocycles. The molecule has 2 aromatic carbocycles. The van der Waals surface area contributed by atoms with E-state index < -0.39 is 35.3 Å². The largest absolute Gasteiger partial charge is 0.481 e. The fourth-order valence-electron chi connectivity index (χ4n) is 3.28. The fourth-order valence-corrected chi connectivity index (χ4v) is 3.28. The minimum atomic E-state index is -1.36. The number of hydrogen-bond acceptors (Lipinski definition) is 2. The lowest BCUT2D eigenvalue weighted by molar-refractivity contribution is -0.149. The van der Waals surface area contributed by atoms with Gasteiger partial charge in [-0.05, 0) is 17.2 Å². The zero-order valence-corrected chi connectivity index (χ0v) is 13.7. The molecule has 1 aliphatic rings. The van der Waals surface area contributed by atoms with Crippen molar-refractivity contribution in [3.8, 4) is 0 Å². The molecule has 0 aliphatic carbocycles. The number of amides is 1. The van der Waals surface area contributed by atoms with E-state index in [9.17, 15) is 27.9 Å². The molecule has 2 atom stereocenters. The summed E-state index contributed by atoms with van der Waals surface area (Å²) in [6, 6.07) is 10.1. The number of carbonyl (C=O) groups excluding carboxylic acids is 1. The number of aliphatic carboxylic acids is 1. The Morgan fingerprint density at radius 2 is 1.73 bits per heavy atom. The van der Waals surface area contributed by atoms with E-state index in [4.69, 9.17) is 0 Å². The number of halogens is 3. The second kappa shape index (κ2) is 7.19. The number of rotatable bonds is 4. The topological polar surface area (TPSA) is 57.6 Å². The maximum Gasteiger partial charge on any atom is 0.308 e. The van der Waals surface area contributed by atoms with Gasteiger partial charge in [-0.2, -0.15) is 0 Å². The van der Waals surface area contributed by atoms with E-state index in [1.54, 1.807) is 12.1 Å². The van der Waals surface area contributed by atoms with Gasteiger partial charge in [0.1, 0.15) is 5.82 Å². The van der Waals surface area contributed by atoms with Gasteiger partial charge in [0.05, 0.1) is 5.92 Å². The maximum atomic E-state index is 14.1. The molecule has 0 radical (unpaired) electrons. The molecule has 2 aromatic rings. The molecule has 2 unspecified atom stereocenters. The van der Waals surface area contributed by atoms with E-state index in [1.807, 2.05) is 18.2 Å². The third kappa shape index (κ3) is 3.56. The highest BCUT2D eigenvalue weighted by Gasteiger charge is 2.40. The first-order chi connectivity index (χ1) is 12.4. The van der Waals surface area contributed by atoms with Gasteiger partial charge in [0.15, 0.2) is 11.6 Å². The first kappa shape index (κ1) is 18.0. The summed E-state index contributed by atoms with van der Waals surface area (Å²) in [5.41, 5.74) is 0.548. The molecule has 0 saturated carbocycles. The number of piperidine rings is 1. The molecular formula is C19H16F3NO3. The van der Waals surface area contributed by atoms with Crippen molar-refractivity contribution < 1.29 is 27.9 Å². The zero-order chi connectivity index (χ0) is 18.8. The van der Waals surface area contributed by atoms with Gasteiger partial charge in [0, 0.05) is 31.5 Å². The smallest absolute Gasteiger partial charge is 0.308 e. The van der Waals surface area contributed by atoms with Crippen molar-refractivity contribution in [3.63, 3.8) is 0 Å². The number of carboxylic acid groups (broad SMARTS) is 1. The number of hydrogen-bond donors (Lipinski definition) is 1. The van der Waals surface area contributed by atoms with Crippen LogP contribution >= 0.6 is 0 Å². The quantitative estimate of drug-likeness (QED) is 0.848. The molecule has 0 spiro atoms. The van der Waals surface area contributed by atoms with Crippen LogP contribution in [0.25, 0.3) is 0 Å². The van der Waals surface area contributed by atoms with Crippen LogP contribution in [0, 0.1) is 23.4 Å². The predicted octanol–water partition coefficient (Wildman–Crippen LogP) is 3.32. The van der Waals surface area contributed by atoms with Crippen LogP contribution in [0.15, 0.2) is 42.5 Å².